The van der Waals surface area contributed by atoms with Crippen LogP contribution in [0.15, 0.2) is 47.4 Å². The Balaban J connectivity index is 2.24. The van der Waals surface area contributed by atoms with Gasteiger partial charge in [-0.1, -0.05) is 18.2 Å². The molecule has 0 aliphatic rings. The summed E-state index contributed by atoms with van der Waals surface area (Å²) in [6.07, 6.45) is 0. The molecule has 0 aliphatic heterocycles. The first-order valence-electron chi connectivity index (χ1n) is 7.69. The van der Waals surface area contributed by atoms with Crippen molar-refractivity contribution < 1.29 is 18.1 Å². The summed E-state index contributed by atoms with van der Waals surface area (Å²) in [5.74, 6) is 0.714. The molecule has 0 N–H and O–H groups in total. The minimum atomic E-state index is -3.83. The van der Waals surface area contributed by atoms with Crippen molar-refractivity contribution in [2.75, 3.05) is 13.7 Å². The molecule has 0 saturated carbocycles. The van der Waals surface area contributed by atoms with Crippen molar-refractivity contribution in [2.45, 2.75) is 25.3 Å². The molecule has 0 radical (unpaired) electrons. The van der Waals surface area contributed by atoms with Crippen LogP contribution in [0.5, 0.6) is 5.75 Å². The maximum Gasteiger partial charge on any atom is 0.273 e. The lowest BCUT2D eigenvalue weighted by atomic mass is 10.2. The van der Waals surface area contributed by atoms with Crippen LogP contribution < -0.4 is 4.74 Å². The fourth-order valence-corrected chi connectivity index (χ4v) is 3.51. The van der Waals surface area contributed by atoms with Gasteiger partial charge in [0.1, 0.15) is 5.75 Å². The normalized spacial score (nSPS) is 11.5. The zero-order valence-corrected chi connectivity index (χ0v) is 15.1. The molecule has 0 unspecified atom stereocenters. The summed E-state index contributed by atoms with van der Waals surface area (Å²) in [6.45, 7) is 4.16. The van der Waals surface area contributed by atoms with Crippen molar-refractivity contribution in [3.8, 4) is 5.75 Å². The van der Waals surface area contributed by atoms with Gasteiger partial charge in [0.2, 0.25) is 10.0 Å². The third kappa shape index (κ3) is 4.34. The van der Waals surface area contributed by atoms with Gasteiger partial charge in [-0.3, -0.25) is 10.1 Å². The summed E-state index contributed by atoms with van der Waals surface area (Å²) < 4.78 is 31.9. The summed E-state index contributed by atoms with van der Waals surface area (Å²) in [4.78, 5) is 10.4. The van der Waals surface area contributed by atoms with Gasteiger partial charge >= 0.3 is 0 Å². The highest BCUT2D eigenvalue weighted by Crippen LogP contribution is 2.25. The van der Waals surface area contributed by atoms with Crippen molar-refractivity contribution in [3.05, 3.63) is 63.7 Å². The Morgan fingerprint density at radius 3 is 2.36 bits per heavy atom. The average molecular weight is 364 g/mol. The second-order valence-electron chi connectivity index (χ2n) is 5.54. The molecule has 0 saturated heterocycles. The molecule has 0 bridgehead atoms. The molecule has 134 valence electrons. The molecule has 25 heavy (non-hydrogen) atoms. The van der Waals surface area contributed by atoms with Crippen LogP contribution in [0.25, 0.3) is 0 Å². The Bertz CT molecular complexity index is 863. The number of nitro benzene ring substituents is 1. The predicted octanol–water partition coefficient (Wildman–Crippen LogP) is 3.12. The van der Waals surface area contributed by atoms with E-state index < -0.39 is 14.9 Å². The lowest BCUT2D eigenvalue weighted by molar-refractivity contribution is -0.385. The number of rotatable bonds is 7. The number of sulfonamides is 1. The number of ether oxygens (including phenoxy) is 1. The molecule has 0 spiro atoms. The highest BCUT2D eigenvalue weighted by molar-refractivity contribution is 7.89. The van der Waals surface area contributed by atoms with Crippen LogP contribution in [0.2, 0.25) is 0 Å². The van der Waals surface area contributed by atoms with Gasteiger partial charge in [-0.25, -0.2) is 8.42 Å². The van der Waals surface area contributed by atoms with E-state index in [1.165, 1.54) is 19.2 Å². The van der Waals surface area contributed by atoms with Gasteiger partial charge in [0.05, 0.1) is 16.4 Å². The molecule has 0 heterocycles. The Morgan fingerprint density at radius 1 is 1.16 bits per heavy atom. The highest BCUT2D eigenvalue weighted by Gasteiger charge is 2.24. The van der Waals surface area contributed by atoms with Gasteiger partial charge in [-0.15, -0.1) is 0 Å². The van der Waals surface area contributed by atoms with Crippen LogP contribution >= 0.6 is 0 Å². The topological polar surface area (TPSA) is 89.8 Å². The van der Waals surface area contributed by atoms with Crippen LogP contribution in [0, 0.1) is 17.0 Å². The molecule has 0 fully saturated rings. The predicted molar refractivity (Wildman–Crippen MR) is 94.1 cm³/mol. The van der Waals surface area contributed by atoms with Gasteiger partial charge in [0.25, 0.3) is 5.69 Å². The summed E-state index contributed by atoms with van der Waals surface area (Å²) in [6, 6.07) is 11.0. The van der Waals surface area contributed by atoms with E-state index in [4.69, 9.17) is 4.74 Å². The smallest absolute Gasteiger partial charge is 0.273 e. The maximum absolute atomic E-state index is 12.7. The maximum atomic E-state index is 12.7. The van der Waals surface area contributed by atoms with Crippen molar-refractivity contribution >= 4 is 15.7 Å². The number of aryl methyl sites for hydroxylation is 1. The van der Waals surface area contributed by atoms with Crippen molar-refractivity contribution in [1.82, 2.24) is 4.31 Å². The van der Waals surface area contributed by atoms with Crippen LogP contribution in [0.4, 0.5) is 5.69 Å². The third-order valence-corrected chi connectivity index (χ3v) is 5.52. The monoisotopic (exact) mass is 364 g/mol. The van der Waals surface area contributed by atoms with Crippen LogP contribution in [-0.2, 0) is 16.6 Å². The molecule has 0 atom stereocenters. The SMILES string of the molecule is CCOc1ccc(CN(C)S(=O)(=O)c2ccc(C)c([N+](=O)[O-])c2)cc1. The van der Waals surface area contributed by atoms with E-state index >= 15 is 0 Å². The number of nitrogens with zero attached hydrogens (tertiary/aromatic N) is 2. The lowest BCUT2D eigenvalue weighted by Crippen LogP contribution is -2.26. The van der Waals surface area contributed by atoms with Crippen molar-refractivity contribution in [1.29, 1.82) is 0 Å². The quantitative estimate of drug-likeness (QED) is 0.556. The minimum Gasteiger partial charge on any atom is -0.494 e. The van der Waals surface area contributed by atoms with E-state index in [9.17, 15) is 18.5 Å². The molecule has 0 amide bonds. The van der Waals surface area contributed by atoms with Crippen LogP contribution in [0.3, 0.4) is 0 Å². The molecule has 2 aromatic rings. The first-order chi connectivity index (χ1) is 11.8. The van der Waals surface area contributed by atoms with Crippen LogP contribution in [-0.4, -0.2) is 31.3 Å². The highest BCUT2D eigenvalue weighted by atomic mass is 32.2. The van der Waals surface area contributed by atoms with E-state index in [1.807, 2.05) is 6.92 Å². The Kier molecular flexibility index (Phi) is 5.76. The van der Waals surface area contributed by atoms with E-state index in [1.54, 1.807) is 31.2 Å². The molecule has 2 rings (SSSR count). The molecular formula is C17H20N2O5S. The standard InChI is InChI=1S/C17H20N2O5S/c1-4-24-15-8-6-14(7-9-15)12-18(3)25(22,23)16-10-5-13(2)17(11-16)19(20)21/h5-11H,4,12H2,1-3H3. The summed E-state index contributed by atoms with van der Waals surface area (Å²) in [5, 5.41) is 11.0. The third-order valence-electron chi connectivity index (χ3n) is 3.73. The zero-order valence-electron chi connectivity index (χ0n) is 14.3. The van der Waals surface area contributed by atoms with Gasteiger partial charge < -0.3 is 4.74 Å². The van der Waals surface area contributed by atoms with Crippen molar-refractivity contribution in [2.24, 2.45) is 0 Å². The molecule has 7 nitrogen and oxygen atoms in total. The van der Waals surface area contributed by atoms with Gasteiger partial charge in [-0.2, -0.15) is 4.31 Å². The lowest BCUT2D eigenvalue weighted by Gasteiger charge is -2.17. The van der Waals surface area contributed by atoms with E-state index in [-0.39, 0.29) is 17.1 Å². The van der Waals surface area contributed by atoms with Gasteiger partial charge in [0.15, 0.2) is 0 Å². The van der Waals surface area contributed by atoms with E-state index in [0.717, 1.165) is 15.9 Å². The first kappa shape index (κ1) is 18.9. The molecule has 2 aromatic carbocycles. The molecule has 8 heteroatoms. The van der Waals surface area contributed by atoms with Crippen molar-refractivity contribution in [3.63, 3.8) is 0 Å². The molecule has 0 aromatic heterocycles. The summed E-state index contributed by atoms with van der Waals surface area (Å²) in [5.41, 5.74) is 0.991. The average Bonchev–Trinajstić information content (AvgIpc) is 2.56. The Morgan fingerprint density at radius 2 is 1.80 bits per heavy atom. The Hall–Kier alpha value is -2.45. The summed E-state index contributed by atoms with van der Waals surface area (Å²) >= 11 is 0. The molecule has 0 aliphatic carbocycles. The summed E-state index contributed by atoms with van der Waals surface area (Å²) in [7, 11) is -2.39. The first-order valence-corrected chi connectivity index (χ1v) is 9.13. The van der Waals surface area contributed by atoms with Gasteiger partial charge in [-0.05, 0) is 37.6 Å². The zero-order chi connectivity index (χ0) is 18.6. The minimum absolute atomic E-state index is 0.0989. The van der Waals surface area contributed by atoms with Gasteiger partial charge in [0, 0.05) is 25.2 Å². The Labute approximate surface area is 147 Å². The van der Waals surface area contributed by atoms with Crippen LogP contribution in [0.1, 0.15) is 18.1 Å². The fourth-order valence-electron chi connectivity index (χ4n) is 2.33. The van der Waals surface area contributed by atoms with E-state index in [2.05, 4.69) is 0 Å². The fraction of sp³-hybridized carbons (Fsp3) is 0.294. The number of nitro groups is 1. The second-order valence-corrected chi connectivity index (χ2v) is 7.59. The number of benzene rings is 2. The molecular weight excluding hydrogens is 344 g/mol. The number of hydrogen-bond acceptors (Lipinski definition) is 5. The largest absolute Gasteiger partial charge is 0.494 e. The van der Waals surface area contributed by atoms with E-state index in [0.29, 0.717) is 17.9 Å². The number of hydrogen-bond donors (Lipinski definition) is 0. The second kappa shape index (κ2) is 7.62.